The highest BCUT2D eigenvalue weighted by atomic mass is 16.5. The molecule has 0 aliphatic carbocycles. The van der Waals surface area contributed by atoms with Crippen molar-refractivity contribution in [2.24, 2.45) is 11.8 Å². The number of aliphatic hydroxyl groups is 1. The number of pyridine rings is 1. The van der Waals surface area contributed by atoms with E-state index in [2.05, 4.69) is 47.7 Å². The number of nitrogens with zero attached hydrogens (tertiary/aromatic N) is 3. The van der Waals surface area contributed by atoms with Gasteiger partial charge in [0.1, 0.15) is 0 Å². The van der Waals surface area contributed by atoms with Crippen LogP contribution in [0.2, 0.25) is 0 Å². The average molecular weight is 348 g/mol. The molecule has 0 radical (unpaired) electrons. The second-order valence-corrected chi connectivity index (χ2v) is 7.88. The van der Waals surface area contributed by atoms with E-state index in [9.17, 15) is 5.11 Å². The average Bonchev–Trinajstić information content (AvgIpc) is 2.96. The number of morpholine rings is 1. The summed E-state index contributed by atoms with van der Waals surface area (Å²) in [6.45, 7) is 12.7. The van der Waals surface area contributed by atoms with E-state index in [-0.39, 0.29) is 6.61 Å². The van der Waals surface area contributed by atoms with Crippen LogP contribution in [0.3, 0.4) is 0 Å². The zero-order chi connectivity index (χ0) is 17.8. The van der Waals surface area contributed by atoms with Crippen LogP contribution in [0.15, 0.2) is 18.3 Å². The van der Waals surface area contributed by atoms with Crippen molar-refractivity contribution in [2.75, 3.05) is 39.3 Å². The summed E-state index contributed by atoms with van der Waals surface area (Å²) >= 11 is 0. The third-order valence-corrected chi connectivity index (χ3v) is 5.55. The minimum atomic E-state index is 0.277. The van der Waals surface area contributed by atoms with Crippen LogP contribution in [0.4, 0.5) is 0 Å². The van der Waals surface area contributed by atoms with Crippen molar-refractivity contribution in [1.29, 1.82) is 0 Å². The standard InChI is InChI=1S/C20H33N3O2/c1-4-17-5-6-20(21-7-17)13-23-11-18(19(12-23)14-24)10-22-8-15(2)25-16(3)9-22/h5-7,15-16,18-19,24H,4,8-14H2,1-3H3. The fraction of sp³-hybridized carbons (Fsp3) is 0.750. The largest absolute Gasteiger partial charge is 0.396 e. The fourth-order valence-corrected chi connectivity index (χ4v) is 4.33. The van der Waals surface area contributed by atoms with Crippen molar-refractivity contribution < 1.29 is 9.84 Å². The molecule has 2 saturated heterocycles. The molecule has 1 N–H and O–H groups in total. The molecule has 5 heteroatoms. The van der Waals surface area contributed by atoms with Crippen molar-refractivity contribution in [3.8, 4) is 0 Å². The third-order valence-electron chi connectivity index (χ3n) is 5.55. The molecule has 25 heavy (non-hydrogen) atoms. The number of aryl methyl sites for hydroxylation is 1. The Labute approximate surface area is 152 Å². The van der Waals surface area contributed by atoms with Crippen LogP contribution in [0.1, 0.15) is 32.0 Å². The number of likely N-dealkylation sites (tertiary alicyclic amines) is 1. The zero-order valence-corrected chi connectivity index (χ0v) is 15.9. The van der Waals surface area contributed by atoms with Gasteiger partial charge < -0.3 is 9.84 Å². The summed E-state index contributed by atoms with van der Waals surface area (Å²) in [7, 11) is 0. The van der Waals surface area contributed by atoms with Crippen LogP contribution in [0.25, 0.3) is 0 Å². The summed E-state index contributed by atoms with van der Waals surface area (Å²) in [6.07, 6.45) is 3.62. The molecule has 2 fully saturated rings. The van der Waals surface area contributed by atoms with Gasteiger partial charge in [-0.1, -0.05) is 13.0 Å². The lowest BCUT2D eigenvalue weighted by molar-refractivity contribution is -0.0727. The molecule has 5 nitrogen and oxygen atoms in total. The van der Waals surface area contributed by atoms with Gasteiger partial charge in [0.05, 0.1) is 17.9 Å². The minimum absolute atomic E-state index is 0.277. The monoisotopic (exact) mass is 347 g/mol. The van der Waals surface area contributed by atoms with Gasteiger partial charge in [-0.05, 0) is 43.7 Å². The Morgan fingerprint density at radius 1 is 1.08 bits per heavy atom. The number of aliphatic hydroxyl groups excluding tert-OH is 1. The van der Waals surface area contributed by atoms with Gasteiger partial charge >= 0.3 is 0 Å². The van der Waals surface area contributed by atoms with Gasteiger partial charge in [-0.15, -0.1) is 0 Å². The summed E-state index contributed by atoms with van der Waals surface area (Å²) in [4.78, 5) is 9.56. The molecule has 0 aromatic carbocycles. The molecule has 1 aromatic rings. The molecule has 4 atom stereocenters. The summed E-state index contributed by atoms with van der Waals surface area (Å²) in [5.74, 6) is 0.890. The van der Waals surface area contributed by atoms with E-state index in [4.69, 9.17) is 4.74 Å². The van der Waals surface area contributed by atoms with Crippen LogP contribution in [-0.4, -0.2) is 71.4 Å². The van der Waals surface area contributed by atoms with E-state index in [1.165, 1.54) is 5.56 Å². The van der Waals surface area contributed by atoms with E-state index in [1.54, 1.807) is 0 Å². The van der Waals surface area contributed by atoms with E-state index < -0.39 is 0 Å². The molecule has 0 amide bonds. The van der Waals surface area contributed by atoms with Crippen molar-refractivity contribution in [1.82, 2.24) is 14.8 Å². The van der Waals surface area contributed by atoms with Crippen molar-refractivity contribution >= 4 is 0 Å². The SMILES string of the molecule is CCc1ccc(CN2CC(CO)C(CN3CC(C)OC(C)C3)C2)nc1. The lowest BCUT2D eigenvalue weighted by Crippen LogP contribution is -2.48. The predicted octanol–water partition coefficient (Wildman–Crippen LogP) is 1.79. The van der Waals surface area contributed by atoms with Crippen LogP contribution in [-0.2, 0) is 17.7 Å². The molecule has 2 aliphatic heterocycles. The first-order valence-electron chi connectivity index (χ1n) is 9.72. The van der Waals surface area contributed by atoms with E-state index in [0.29, 0.717) is 24.0 Å². The highest BCUT2D eigenvalue weighted by Gasteiger charge is 2.35. The lowest BCUT2D eigenvalue weighted by Gasteiger charge is -2.37. The normalized spacial score (nSPS) is 31.5. The third kappa shape index (κ3) is 5.00. The summed E-state index contributed by atoms with van der Waals surface area (Å²) in [5, 5.41) is 9.84. The van der Waals surface area contributed by atoms with Gasteiger partial charge in [0.25, 0.3) is 0 Å². The number of hydrogen-bond donors (Lipinski definition) is 1. The van der Waals surface area contributed by atoms with Gasteiger partial charge in [0.2, 0.25) is 0 Å². The molecule has 4 unspecified atom stereocenters. The molecule has 2 aliphatic rings. The molecule has 140 valence electrons. The zero-order valence-electron chi connectivity index (χ0n) is 15.9. The predicted molar refractivity (Wildman–Crippen MR) is 99.4 cm³/mol. The number of ether oxygens (including phenoxy) is 1. The Bertz CT molecular complexity index is 526. The Morgan fingerprint density at radius 2 is 1.80 bits per heavy atom. The number of aromatic nitrogens is 1. The van der Waals surface area contributed by atoms with Crippen molar-refractivity contribution in [2.45, 2.75) is 45.9 Å². The quantitative estimate of drug-likeness (QED) is 0.850. The Kier molecular flexibility index (Phi) is 6.44. The van der Waals surface area contributed by atoms with E-state index in [1.807, 2.05) is 6.20 Å². The molecular weight excluding hydrogens is 314 g/mol. The second kappa shape index (κ2) is 8.58. The lowest BCUT2D eigenvalue weighted by atomic mass is 9.96. The highest BCUT2D eigenvalue weighted by molar-refractivity contribution is 5.14. The second-order valence-electron chi connectivity index (χ2n) is 7.88. The van der Waals surface area contributed by atoms with Gasteiger partial charge in [-0.3, -0.25) is 14.8 Å². The Hall–Kier alpha value is -1.01. The van der Waals surface area contributed by atoms with Gasteiger partial charge in [-0.25, -0.2) is 0 Å². The maximum atomic E-state index is 9.84. The Balaban J connectivity index is 1.56. The first-order chi connectivity index (χ1) is 12.1. The van der Waals surface area contributed by atoms with Crippen LogP contribution < -0.4 is 0 Å². The summed E-state index contributed by atoms with van der Waals surface area (Å²) in [6, 6.07) is 4.32. The van der Waals surface area contributed by atoms with Gasteiger partial charge in [-0.2, -0.15) is 0 Å². The Morgan fingerprint density at radius 3 is 2.40 bits per heavy atom. The summed E-state index contributed by atoms with van der Waals surface area (Å²) < 4.78 is 5.84. The molecule has 3 heterocycles. The van der Waals surface area contributed by atoms with Crippen LogP contribution in [0, 0.1) is 11.8 Å². The molecule has 0 saturated carbocycles. The first-order valence-corrected chi connectivity index (χ1v) is 9.72. The van der Waals surface area contributed by atoms with E-state index >= 15 is 0 Å². The molecule has 3 rings (SSSR count). The minimum Gasteiger partial charge on any atom is -0.396 e. The van der Waals surface area contributed by atoms with E-state index in [0.717, 1.165) is 51.4 Å². The highest BCUT2D eigenvalue weighted by Crippen LogP contribution is 2.26. The maximum absolute atomic E-state index is 9.84. The van der Waals surface area contributed by atoms with Gasteiger partial charge in [0.15, 0.2) is 0 Å². The van der Waals surface area contributed by atoms with Crippen molar-refractivity contribution in [3.63, 3.8) is 0 Å². The molecule has 0 bridgehead atoms. The van der Waals surface area contributed by atoms with Crippen molar-refractivity contribution in [3.05, 3.63) is 29.6 Å². The first kappa shape index (κ1) is 18.8. The summed E-state index contributed by atoms with van der Waals surface area (Å²) in [5.41, 5.74) is 2.41. The maximum Gasteiger partial charge on any atom is 0.0678 e. The van der Waals surface area contributed by atoms with Gasteiger partial charge in [0, 0.05) is 52.1 Å². The van der Waals surface area contributed by atoms with Crippen LogP contribution >= 0.6 is 0 Å². The topological polar surface area (TPSA) is 48.8 Å². The number of hydrogen-bond acceptors (Lipinski definition) is 5. The van der Waals surface area contributed by atoms with Crippen LogP contribution in [0.5, 0.6) is 0 Å². The molecular formula is C20H33N3O2. The molecule has 0 spiro atoms. The number of rotatable bonds is 6. The fourth-order valence-electron chi connectivity index (χ4n) is 4.33. The smallest absolute Gasteiger partial charge is 0.0678 e. The molecule has 1 aromatic heterocycles.